The van der Waals surface area contributed by atoms with Crippen molar-refractivity contribution >= 4 is 28.1 Å². The molecule has 1 atom stereocenters. The van der Waals surface area contributed by atoms with Crippen LogP contribution in [0.3, 0.4) is 0 Å². The highest BCUT2D eigenvalue weighted by Crippen LogP contribution is 2.22. The Balaban J connectivity index is 1.45. The summed E-state index contributed by atoms with van der Waals surface area (Å²) < 4.78 is 4.63. The second-order valence-electron chi connectivity index (χ2n) is 9.16. The Bertz CT molecular complexity index is 2030. The first-order valence-corrected chi connectivity index (χ1v) is 12.4. The third-order valence-corrected chi connectivity index (χ3v) is 6.41. The lowest BCUT2D eigenvalue weighted by Gasteiger charge is -2.19. The van der Waals surface area contributed by atoms with E-state index < -0.39 is 11.9 Å². The van der Waals surface area contributed by atoms with Gasteiger partial charge in [0.15, 0.2) is 5.82 Å². The van der Waals surface area contributed by atoms with Gasteiger partial charge in [0.25, 0.3) is 11.5 Å². The number of hydrogen-bond acceptors (Lipinski definition) is 7. The number of fused-ring (bicyclic) bond motifs is 2. The maximum atomic E-state index is 14.0. The lowest BCUT2D eigenvalue weighted by atomic mass is 10.1. The maximum absolute atomic E-state index is 14.0. The zero-order valence-electron chi connectivity index (χ0n) is 21.6. The van der Waals surface area contributed by atoms with E-state index >= 15 is 0 Å². The van der Waals surface area contributed by atoms with Crippen molar-refractivity contribution in [3.8, 4) is 17.5 Å². The van der Waals surface area contributed by atoms with Crippen LogP contribution in [0.1, 0.15) is 40.3 Å². The molecule has 0 aliphatic carbocycles. The van der Waals surface area contributed by atoms with Gasteiger partial charge in [-0.25, -0.2) is 9.50 Å². The quantitative estimate of drug-likeness (QED) is 0.335. The van der Waals surface area contributed by atoms with E-state index in [1.807, 2.05) is 25.2 Å². The van der Waals surface area contributed by atoms with Crippen molar-refractivity contribution in [1.29, 1.82) is 0 Å². The largest absolute Gasteiger partial charge is 0.383 e. The van der Waals surface area contributed by atoms with Gasteiger partial charge in [-0.15, -0.1) is 0 Å². The fourth-order valence-electron chi connectivity index (χ4n) is 4.53. The number of hydrogen-bond donors (Lipinski definition) is 2. The Morgan fingerprint density at radius 2 is 1.88 bits per heavy atom. The van der Waals surface area contributed by atoms with Crippen LogP contribution < -0.4 is 16.6 Å². The van der Waals surface area contributed by atoms with Gasteiger partial charge in [-0.05, 0) is 37.3 Å². The Morgan fingerprint density at radius 3 is 2.65 bits per heavy atom. The summed E-state index contributed by atoms with van der Waals surface area (Å²) in [6.07, 6.45) is 8.28. The second kappa shape index (κ2) is 9.85. The van der Waals surface area contributed by atoms with Crippen LogP contribution >= 0.6 is 0 Å². The van der Waals surface area contributed by atoms with Crippen molar-refractivity contribution in [1.82, 2.24) is 39.2 Å². The minimum absolute atomic E-state index is 0.0574. The standard InChI is InChI=1S/C29H23N9O2/c1-18(34-28(39)23-24-21(7-6-13-31-24)16-32-26(23)30)27-35-37-14-12-20(11-10-19-15-33-36(2)17-19)25(37)29(40)38(27)22-8-4-3-5-9-22/h3-9,12-18H,1-2H3,(H2,30,32)(H,34,39)/t18-/m0/s1. The van der Waals surface area contributed by atoms with Gasteiger partial charge in [-0.3, -0.25) is 23.8 Å². The molecule has 3 N–H and O–H groups in total. The topological polar surface area (TPSA) is 138 Å². The van der Waals surface area contributed by atoms with Crippen LogP contribution in [0.5, 0.6) is 0 Å². The van der Waals surface area contributed by atoms with Gasteiger partial charge in [0.05, 0.1) is 34.6 Å². The molecule has 0 aliphatic rings. The monoisotopic (exact) mass is 529 g/mol. The summed E-state index contributed by atoms with van der Waals surface area (Å²) in [5.74, 6) is 6.01. The lowest BCUT2D eigenvalue weighted by molar-refractivity contribution is 0.0939. The van der Waals surface area contributed by atoms with Gasteiger partial charge in [-0.1, -0.05) is 30.0 Å². The first-order chi connectivity index (χ1) is 19.4. The molecule has 6 rings (SSSR count). The van der Waals surface area contributed by atoms with Gasteiger partial charge in [0.1, 0.15) is 16.9 Å². The van der Waals surface area contributed by atoms with Gasteiger partial charge in [0, 0.05) is 37.2 Å². The number of carbonyl (C=O) groups excluding carboxylic acids is 1. The Labute approximate surface area is 227 Å². The molecule has 0 unspecified atom stereocenters. The molecule has 0 saturated heterocycles. The van der Waals surface area contributed by atoms with Crippen LogP contribution in [-0.2, 0) is 7.05 Å². The molecule has 6 aromatic rings. The Morgan fingerprint density at radius 1 is 1.05 bits per heavy atom. The molecule has 11 heteroatoms. The number of nitrogens with zero attached hydrogens (tertiary/aromatic N) is 7. The number of benzene rings is 1. The minimum atomic E-state index is -0.699. The highest BCUT2D eigenvalue weighted by Gasteiger charge is 2.24. The number of nitrogen functional groups attached to an aromatic ring is 1. The van der Waals surface area contributed by atoms with Crippen molar-refractivity contribution < 1.29 is 4.79 Å². The van der Waals surface area contributed by atoms with Gasteiger partial charge in [-0.2, -0.15) is 10.2 Å². The van der Waals surface area contributed by atoms with Crippen LogP contribution in [0.2, 0.25) is 0 Å². The third-order valence-electron chi connectivity index (χ3n) is 6.41. The van der Waals surface area contributed by atoms with Crippen molar-refractivity contribution in [3.63, 3.8) is 0 Å². The average molecular weight is 530 g/mol. The molecule has 5 heterocycles. The molecular weight excluding hydrogens is 506 g/mol. The zero-order valence-corrected chi connectivity index (χ0v) is 21.6. The molecule has 5 aromatic heterocycles. The molecule has 11 nitrogen and oxygen atoms in total. The summed E-state index contributed by atoms with van der Waals surface area (Å²) in [6, 6.07) is 13.7. The predicted molar refractivity (Wildman–Crippen MR) is 150 cm³/mol. The summed E-state index contributed by atoms with van der Waals surface area (Å²) >= 11 is 0. The maximum Gasteiger partial charge on any atom is 0.283 e. The van der Waals surface area contributed by atoms with E-state index in [1.165, 1.54) is 9.08 Å². The van der Waals surface area contributed by atoms with E-state index in [-0.39, 0.29) is 16.9 Å². The van der Waals surface area contributed by atoms with E-state index in [4.69, 9.17) is 10.8 Å². The van der Waals surface area contributed by atoms with Crippen molar-refractivity contribution in [2.45, 2.75) is 13.0 Å². The zero-order chi connectivity index (χ0) is 27.8. The van der Waals surface area contributed by atoms with Gasteiger partial charge < -0.3 is 11.1 Å². The summed E-state index contributed by atoms with van der Waals surface area (Å²) in [5.41, 5.74) is 8.52. The minimum Gasteiger partial charge on any atom is -0.383 e. The van der Waals surface area contributed by atoms with Gasteiger partial charge in [0.2, 0.25) is 0 Å². The molecule has 1 amide bonds. The Kier molecular flexibility index (Phi) is 6.05. The van der Waals surface area contributed by atoms with E-state index in [0.29, 0.717) is 33.5 Å². The number of para-hydroxylation sites is 1. The summed E-state index contributed by atoms with van der Waals surface area (Å²) in [7, 11) is 1.81. The smallest absolute Gasteiger partial charge is 0.283 e. The van der Waals surface area contributed by atoms with Gasteiger partial charge >= 0.3 is 0 Å². The fourth-order valence-corrected chi connectivity index (χ4v) is 4.53. The number of aromatic nitrogens is 7. The number of rotatable bonds is 4. The first-order valence-electron chi connectivity index (χ1n) is 12.4. The molecule has 196 valence electrons. The lowest BCUT2D eigenvalue weighted by Crippen LogP contribution is -2.35. The number of carbonyl (C=O) groups is 1. The van der Waals surface area contributed by atoms with E-state index in [2.05, 4.69) is 32.2 Å². The van der Waals surface area contributed by atoms with E-state index in [1.54, 1.807) is 72.9 Å². The fraction of sp³-hybridized carbons (Fsp3) is 0.103. The Hall–Kier alpha value is -5.76. The summed E-state index contributed by atoms with van der Waals surface area (Å²) in [4.78, 5) is 36.0. The van der Waals surface area contributed by atoms with Crippen LogP contribution in [0.4, 0.5) is 5.82 Å². The highest BCUT2D eigenvalue weighted by molar-refractivity contribution is 6.09. The molecule has 1 aromatic carbocycles. The predicted octanol–water partition coefficient (Wildman–Crippen LogP) is 2.63. The van der Waals surface area contributed by atoms with Crippen molar-refractivity contribution in [2.75, 3.05) is 5.73 Å². The third kappa shape index (κ3) is 4.33. The van der Waals surface area contributed by atoms with E-state index in [0.717, 1.165) is 5.56 Å². The second-order valence-corrected chi connectivity index (χ2v) is 9.16. The number of aryl methyl sites for hydroxylation is 1. The average Bonchev–Trinajstić information content (AvgIpc) is 3.57. The molecule has 0 saturated carbocycles. The number of nitrogens with two attached hydrogens (primary N) is 1. The molecule has 0 radical (unpaired) electrons. The SMILES string of the molecule is C[C@H](NC(=O)c1c(N)ncc2cccnc12)c1nn2ccc(C#Cc3cnn(C)c3)c2c(=O)n1-c1ccccc1. The molecule has 40 heavy (non-hydrogen) atoms. The van der Waals surface area contributed by atoms with Crippen molar-refractivity contribution in [3.05, 3.63) is 112 Å². The first kappa shape index (κ1) is 24.6. The number of anilines is 1. The highest BCUT2D eigenvalue weighted by atomic mass is 16.2. The molecule has 0 spiro atoms. The molecule has 0 fully saturated rings. The van der Waals surface area contributed by atoms with Crippen LogP contribution in [-0.4, -0.2) is 39.8 Å². The molecular formula is C29H23N9O2. The van der Waals surface area contributed by atoms with Crippen molar-refractivity contribution in [2.24, 2.45) is 7.05 Å². The number of amides is 1. The molecule has 0 aliphatic heterocycles. The van der Waals surface area contributed by atoms with Crippen LogP contribution in [0.15, 0.2) is 84.3 Å². The summed E-state index contributed by atoms with van der Waals surface area (Å²) in [6.45, 7) is 1.75. The number of nitrogens with one attached hydrogen (secondary N) is 1. The summed E-state index contributed by atoms with van der Waals surface area (Å²) in [5, 5.41) is 12.5. The van der Waals surface area contributed by atoms with Crippen LogP contribution in [0, 0.1) is 11.8 Å². The molecule has 0 bridgehead atoms. The van der Waals surface area contributed by atoms with Crippen LogP contribution in [0.25, 0.3) is 22.1 Å². The van der Waals surface area contributed by atoms with E-state index in [9.17, 15) is 9.59 Å². The number of pyridine rings is 2. The normalized spacial score (nSPS) is 11.8.